The molecule has 1 unspecified atom stereocenters. The molecule has 2 aromatic carbocycles. The monoisotopic (exact) mass is 376 g/mol. The minimum absolute atomic E-state index is 0.200. The van der Waals surface area contributed by atoms with E-state index in [2.05, 4.69) is 10.3 Å². The third kappa shape index (κ3) is 3.59. The lowest BCUT2D eigenvalue weighted by atomic mass is 10.0. The van der Waals surface area contributed by atoms with Gasteiger partial charge in [0.05, 0.1) is 22.8 Å². The van der Waals surface area contributed by atoms with Gasteiger partial charge in [0.15, 0.2) is 0 Å². The van der Waals surface area contributed by atoms with E-state index >= 15 is 0 Å². The standard InChI is InChI=1S/C22H17FN2OS/c1-14-18(12-16-9-10-17(23)13-19(16)24-14)22(26)25-21(20-8-5-11-27-20)15-6-3-2-4-7-15/h2-13,21H,1H3,(H,25,26). The average molecular weight is 376 g/mol. The Morgan fingerprint density at radius 1 is 1.07 bits per heavy atom. The van der Waals surface area contributed by atoms with Crippen molar-refractivity contribution in [2.45, 2.75) is 13.0 Å². The van der Waals surface area contributed by atoms with E-state index in [4.69, 9.17) is 0 Å². The highest BCUT2D eigenvalue weighted by molar-refractivity contribution is 7.10. The zero-order chi connectivity index (χ0) is 18.8. The Balaban J connectivity index is 1.70. The van der Waals surface area contributed by atoms with Crippen molar-refractivity contribution in [3.05, 3.63) is 99.6 Å². The Morgan fingerprint density at radius 3 is 2.63 bits per heavy atom. The third-order valence-corrected chi connectivity index (χ3v) is 5.39. The number of amides is 1. The first-order valence-corrected chi connectivity index (χ1v) is 9.46. The number of carbonyl (C=O) groups is 1. The van der Waals surface area contributed by atoms with Gasteiger partial charge in [-0.3, -0.25) is 9.78 Å². The summed E-state index contributed by atoms with van der Waals surface area (Å²) in [7, 11) is 0. The van der Waals surface area contributed by atoms with E-state index in [1.165, 1.54) is 12.1 Å². The molecule has 0 aliphatic rings. The first kappa shape index (κ1) is 17.4. The predicted molar refractivity (Wildman–Crippen MR) is 107 cm³/mol. The third-order valence-electron chi connectivity index (χ3n) is 4.45. The number of fused-ring (bicyclic) bond motifs is 1. The van der Waals surface area contributed by atoms with Crippen LogP contribution in [0.5, 0.6) is 0 Å². The number of nitrogens with zero attached hydrogens (tertiary/aromatic N) is 1. The van der Waals surface area contributed by atoms with Gasteiger partial charge in [-0.1, -0.05) is 36.4 Å². The van der Waals surface area contributed by atoms with Crippen molar-refractivity contribution < 1.29 is 9.18 Å². The van der Waals surface area contributed by atoms with Gasteiger partial charge in [-0.25, -0.2) is 4.39 Å². The van der Waals surface area contributed by atoms with Crippen LogP contribution in [0.2, 0.25) is 0 Å². The maximum Gasteiger partial charge on any atom is 0.253 e. The number of pyridine rings is 1. The molecule has 134 valence electrons. The second-order valence-corrected chi connectivity index (χ2v) is 7.27. The van der Waals surface area contributed by atoms with Crippen LogP contribution in [0.3, 0.4) is 0 Å². The molecular formula is C22H17FN2OS. The molecule has 0 radical (unpaired) electrons. The summed E-state index contributed by atoms with van der Waals surface area (Å²) in [6.45, 7) is 1.77. The molecule has 0 fully saturated rings. The van der Waals surface area contributed by atoms with E-state index in [0.717, 1.165) is 15.8 Å². The molecule has 1 amide bonds. The molecule has 0 bridgehead atoms. The van der Waals surface area contributed by atoms with E-state index in [-0.39, 0.29) is 17.8 Å². The summed E-state index contributed by atoms with van der Waals surface area (Å²) in [5.74, 6) is -0.540. The number of hydrogen-bond donors (Lipinski definition) is 1. The van der Waals surface area contributed by atoms with Crippen LogP contribution in [0.25, 0.3) is 10.9 Å². The van der Waals surface area contributed by atoms with Crippen LogP contribution < -0.4 is 5.32 Å². The van der Waals surface area contributed by atoms with Gasteiger partial charge in [-0.05, 0) is 42.1 Å². The van der Waals surface area contributed by atoms with Crippen LogP contribution in [-0.4, -0.2) is 10.9 Å². The van der Waals surface area contributed by atoms with Crippen LogP contribution in [0, 0.1) is 12.7 Å². The second-order valence-electron chi connectivity index (χ2n) is 6.29. The number of thiophene rings is 1. The smallest absolute Gasteiger partial charge is 0.253 e. The van der Waals surface area contributed by atoms with Crippen molar-refractivity contribution in [2.75, 3.05) is 0 Å². The fourth-order valence-corrected chi connectivity index (χ4v) is 3.90. The summed E-state index contributed by atoms with van der Waals surface area (Å²) in [6, 6.07) is 19.8. The van der Waals surface area contributed by atoms with Gasteiger partial charge in [-0.15, -0.1) is 11.3 Å². The molecule has 0 saturated heterocycles. The lowest BCUT2D eigenvalue weighted by molar-refractivity contribution is 0.0942. The van der Waals surface area contributed by atoms with Crippen LogP contribution in [0.4, 0.5) is 4.39 Å². The number of rotatable bonds is 4. The molecule has 0 aliphatic heterocycles. The molecule has 1 atom stereocenters. The summed E-state index contributed by atoms with van der Waals surface area (Å²) >= 11 is 1.60. The van der Waals surface area contributed by atoms with Crippen molar-refractivity contribution in [1.29, 1.82) is 0 Å². The van der Waals surface area contributed by atoms with Crippen molar-refractivity contribution >= 4 is 28.1 Å². The molecule has 1 N–H and O–H groups in total. The fraction of sp³-hybridized carbons (Fsp3) is 0.0909. The summed E-state index contributed by atoms with van der Waals surface area (Å²) < 4.78 is 13.4. The molecule has 3 nitrogen and oxygen atoms in total. The van der Waals surface area contributed by atoms with E-state index in [0.29, 0.717) is 16.8 Å². The highest BCUT2D eigenvalue weighted by Gasteiger charge is 2.20. The Labute approximate surface area is 160 Å². The van der Waals surface area contributed by atoms with E-state index in [9.17, 15) is 9.18 Å². The number of nitrogens with one attached hydrogen (secondary N) is 1. The van der Waals surface area contributed by atoms with Gasteiger partial charge in [0, 0.05) is 16.3 Å². The van der Waals surface area contributed by atoms with E-state index in [1.54, 1.807) is 30.4 Å². The Hall–Kier alpha value is -3.05. The van der Waals surface area contributed by atoms with Gasteiger partial charge in [0.2, 0.25) is 0 Å². The first-order valence-electron chi connectivity index (χ1n) is 8.58. The number of aryl methyl sites for hydroxylation is 1. The molecule has 27 heavy (non-hydrogen) atoms. The number of carbonyl (C=O) groups excluding carboxylic acids is 1. The molecule has 5 heteroatoms. The predicted octanol–water partition coefficient (Wildman–Crippen LogP) is 5.26. The zero-order valence-corrected chi connectivity index (χ0v) is 15.5. The molecule has 2 aromatic heterocycles. The van der Waals surface area contributed by atoms with Crippen molar-refractivity contribution in [3.63, 3.8) is 0 Å². The summed E-state index contributed by atoms with van der Waals surface area (Å²) in [5, 5.41) is 5.86. The fourth-order valence-electron chi connectivity index (χ4n) is 3.09. The number of benzene rings is 2. The maximum absolute atomic E-state index is 13.4. The highest BCUT2D eigenvalue weighted by Crippen LogP contribution is 2.27. The first-order chi connectivity index (χ1) is 13.1. The Bertz CT molecular complexity index is 1090. The van der Waals surface area contributed by atoms with Crippen LogP contribution in [-0.2, 0) is 0 Å². The van der Waals surface area contributed by atoms with Gasteiger partial charge >= 0.3 is 0 Å². The number of aromatic nitrogens is 1. The molecule has 0 saturated carbocycles. The summed E-state index contributed by atoms with van der Waals surface area (Å²) in [4.78, 5) is 18.5. The van der Waals surface area contributed by atoms with Gasteiger partial charge in [-0.2, -0.15) is 0 Å². The Morgan fingerprint density at radius 2 is 1.89 bits per heavy atom. The van der Waals surface area contributed by atoms with Crippen LogP contribution in [0.15, 0.2) is 72.1 Å². The van der Waals surface area contributed by atoms with E-state index in [1.807, 2.05) is 47.8 Å². The maximum atomic E-state index is 13.4. The molecule has 0 spiro atoms. The Kier molecular flexibility index (Phi) is 4.69. The molecular weight excluding hydrogens is 359 g/mol. The van der Waals surface area contributed by atoms with Crippen molar-refractivity contribution in [2.24, 2.45) is 0 Å². The normalized spacial score (nSPS) is 12.1. The molecule has 4 rings (SSSR count). The highest BCUT2D eigenvalue weighted by atomic mass is 32.1. The molecule has 4 aromatic rings. The lowest BCUT2D eigenvalue weighted by Crippen LogP contribution is -2.29. The van der Waals surface area contributed by atoms with Crippen LogP contribution >= 0.6 is 11.3 Å². The topological polar surface area (TPSA) is 42.0 Å². The van der Waals surface area contributed by atoms with E-state index < -0.39 is 0 Å². The summed E-state index contributed by atoms with van der Waals surface area (Å²) in [5.41, 5.74) is 2.62. The van der Waals surface area contributed by atoms with Crippen molar-refractivity contribution in [1.82, 2.24) is 10.3 Å². The van der Waals surface area contributed by atoms with Gasteiger partial charge in [0.25, 0.3) is 5.91 Å². The minimum atomic E-state index is -0.339. The largest absolute Gasteiger partial charge is 0.340 e. The second kappa shape index (κ2) is 7.29. The van der Waals surface area contributed by atoms with Gasteiger partial charge in [0.1, 0.15) is 5.82 Å². The number of hydrogen-bond acceptors (Lipinski definition) is 3. The molecule has 2 heterocycles. The zero-order valence-electron chi connectivity index (χ0n) is 14.6. The lowest BCUT2D eigenvalue weighted by Gasteiger charge is -2.19. The van der Waals surface area contributed by atoms with Gasteiger partial charge < -0.3 is 5.32 Å². The number of halogens is 1. The average Bonchev–Trinajstić information content (AvgIpc) is 3.20. The van der Waals surface area contributed by atoms with Crippen molar-refractivity contribution in [3.8, 4) is 0 Å². The summed E-state index contributed by atoms with van der Waals surface area (Å²) in [6.07, 6.45) is 0. The quantitative estimate of drug-likeness (QED) is 0.528. The van der Waals surface area contributed by atoms with Crippen LogP contribution in [0.1, 0.15) is 32.5 Å². The molecule has 0 aliphatic carbocycles. The minimum Gasteiger partial charge on any atom is -0.340 e. The SMILES string of the molecule is Cc1nc2cc(F)ccc2cc1C(=O)NC(c1ccccc1)c1cccs1.